The van der Waals surface area contributed by atoms with Crippen LogP contribution in [0.4, 0.5) is 0 Å². The number of carboxylic acid groups (broad SMARTS) is 1. The van der Waals surface area contributed by atoms with Crippen LogP contribution in [0.1, 0.15) is 18.4 Å². The average molecular weight is 280 g/mol. The maximum absolute atomic E-state index is 11.4. The van der Waals surface area contributed by atoms with Crippen molar-refractivity contribution in [2.45, 2.75) is 19.8 Å². The molecule has 0 fully saturated rings. The SMILES string of the molecule is Cc1ccccc1OCC(=O)NNC(=O)CCC(=O)O. The number of hydrogen-bond acceptors (Lipinski definition) is 4. The molecule has 20 heavy (non-hydrogen) atoms. The molecule has 108 valence electrons. The van der Waals surface area contributed by atoms with Gasteiger partial charge in [0.15, 0.2) is 6.61 Å². The third kappa shape index (κ3) is 5.85. The van der Waals surface area contributed by atoms with Gasteiger partial charge in [-0.2, -0.15) is 0 Å². The van der Waals surface area contributed by atoms with E-state index in [4.69, 9.17) is 9.84 Å². The topological polar surface area (TPSA) is 105 Å². The Morgan fingerprint density at radius 3 is 2.40 bits per heavy atom. The molecule has 0 atom stereocenters. The third-order valence-electron chi connectivity index (χ3n) is 2.36. The second-order valence-electron chi connectivity index (χ2n) is 4.04. The van der Waals surface area contributed by atoms with Crippen LogP contribution in [-0.2, 0) is 14.4 Å². The number of para-hydroxylation sites is 1. The standard InChI is InChI=1S/C13H16N2O5/c1-9-4-2-3-5-10(9)20-8-12(17)15-14-11(16)6-7-13(18)19/h2-5H,6-8H2,1H3,(H,14,16)(H,15,17)(H,18,19). The second-order valence-corrected chi connectivity index (χ2v) is 4.04. The Morgan fingerprint density at radius 2 is 1.75 bits per heavy atom. The van der Waals surface area contributed by atoms with Crippen molar-refractivity contribution in [1.29, 1.82) is 0 Å². The summed E-state index contributed by atoms with van der Waals surface area (Å²) in [7, 11) is 0. The Labute approximate surface area is 115 Å². The lowest BCUT2D eigenvalue weighted by molar-refractivity contribution is -0.139. The first kappa shape index (κ1) is 15.5. The number of aryl methyl sites for hydroxylation is 1. The van der Waals surface area contributed by atoms with Crippen molar-refractivity contribution in [3.05, 3.63) is 29.8 Å². The molecule has 0 radical (unpaired) electrons. The number of rotatable bonds is 6. The lowest BCUT2D eigenvalue weighted by Crippen LogP contribution is -2.43. The highest BCUT2D eigenvalue weighted by molar-refractivity contribution is 5.84. The highest BCUT2D eigenvalue weighted by atomic mass is 16.5. The number of carbonyl (C=O) groups is 3. The first-order chi connectivity index (χ1) is 9.49. The number of hydrogen-bond donors (Lipinski definition) is 3. The van der Waals surface area contributed by atoms with E-state index in [1.54, 1.807) is 12.1 Å². The van der Waals surface area contributed by atoms with E-state index in [0.29, 0.717) is 5.75 Å². The zero-order valence-corrected chi connectivity index (χ0v) is 11.0. The quantitative estimate of drug-likeness (QED) is 0.654. The van der Waals surface area contributed by atoms with E-state index < -0.39 is 17.8 Å². The van der Waals surface area contributed by atoms with Crippen molar-refractivity contribution < 1.29 is 24.2 Å². The first-order valence-corrected chi connectivity index (χ1v) is 5.97. The molecule has 0 saturated heterocycles. The predicted octanol–water partition coefficient (Wildman–Crippen LogP) is 0.386. The number of ether oxygens (including phenoxy) is 1. The van der Waals surface area contributed by atoms with Crippen LogP contribution in [0.5, 0.6) is 5.75 Å². The molecule has 1 rings (SSSR count). The number of nitrogens with one attached hydrogen (secondary N) is 2. The molecule has 2 amide bonds. The normalized spacial score (nSPS) is 9.65. The molecule has 0 saturated carbocycles. The maximum Gasteiger partial charge on any atom is 0.303 e. The van der Waals surface area contributed by atoms with Crippen molar-refractivity contribution in [3.8, 4) is 5.75 Å². The molecule has 0 aliphatic rings. The third-order valence-corrected chi connectivity index (χ3v) is 2.36. The molecule has 7 heteroatoms. The van der Waals surface area contributed by atoms with Crippen LogP contribution in [0.15, 0.2) is 24.3 Å². The van der Waals surface area contributed by atoms with E-state index in [9.17, 15) is 14.4 Å². The summed E-state index contributed by atoms with van der Waals surface area (Å²) in [6.07, 6.45) is -0.490. The summed E-state index contributed by atoms with van der Waals surface area (Å²) < 4.78 is 5.27. The van der Waals surface area contributed by atoms with Crippen LogP contribution in [-0.4, -0.2) is 29.5 Å². The fourth-order valence-electron chi connectivity index (χ4n) is 1.32. The molecule has 1 aromatic carbocycles. The number of aliphatic carboxylic acids is 1. The van der Waals surface area contributed by atoms with Crippen molar-refractivity contribution in [2.75, 3.05) is 6.61 Å². The molecule has 3 N–H and O–H groups in total. The van der Waals surface area contributed by atoms with Crippen LogP contribution >= 0.6 is 0 Å². The Balaban J connectivity index is 2.25. The van der Waals surface area contributed by atoms with Gasteiger partial charge in [-0.25, -0.2) is 0 Å². The summed E-state index contributed by atoms with van der Waals surface area (Å²) in [4.78, 5) is 32.8. The summed E-state index contributed by atoms with van der Waals surface area (Å²) in [5, 5.41) is 8.39. The number of amides is 2. The van der Waals surface area contributed by atoms with Crippen LogP contribution < -0.4 is 15.6 Å². The summed E-state index contributed by atoms with van der Waals surface area (Å²) in [6.45, 7) is 1.60. The lowest BCUT2D eigenvalue weighted by Gasteiger charge is -2.09. The van der Waals surface area contributed by atoms with Gasteiger partial charge in [-0.05, 0) is 18.6 Å². The van der Waals surface area contributed by atoms with Crippen molar-refractivity contribution in [3.63, 3.8) is 0 Å². The minimum Gasteiger partial charge on any atom is -0.483 e. The molecular formula is C13H16N2O5. The Kier molecular flexibility index (Phi) is 6.02. The summed E-state index contributed by atoms with van der Waals surface area (Å²) in [5.74, 6) is -1.59. The maximum atomic E-state index is 11.4. The van der Waals surface area contributed by atoms with Gasteiger partial charge < -0.3 is 9.84 Å². The fourth-order valence-corrected chi connectivity index (χ4v) is 1.32. The van der Waals surface area contributed by atoms with Gasteiger partial charge in [0.1, 0.15) is 5.75 Å². The molecule has 0 aliphatic heterocycles. The van der Waals surface area contributed by atoms with Crippen LogP contribution in [0.3, 0.4) is 0 Å². The van der Waals surface area contributed by atoms with E-state index >= 15 is 0 Å². The summed E-state index contributed by atoms with van der Waals surface area (Å²) in [6, 6.07) is 7.22. The molecule has 0 bridgehead atoms. The highest BCUT2D eigenvalue weighted by Gasteiger charge is 2.08. The molecule has 0 spiro atoms. The molecule has 0 aliphatic carbocycles. The monoisotopic (exact) mass is 280 g/mol. The van der Waals surface area contributed by atoms with Crippen molar-refractivity contribution in [1.82, 2.24) is 10.9 Å². The molecule has 7 nitrogen and oxygen atoms in total. The number of hydrazine groups is 1. The van der Waals surface area contributed by atoms with Crippen LogP contribution in [0.2, 0.25) is 0 Å². The summed E-state index contributed by atoms with van der Waals surface area (Å²) in [5.41, 5.74) is 5.14. The smallest absolute Gasteiger partial charge is 0.303 e. The van der Waals surface area contributed by atoms with E-state index in [0.717, 1.165) is 5.56 Å². The Hall–Kier alpha value is -2.57. The van der Waals surface area contributed by atoms with Crippen LogP contribution in [0, 0.1) is 6.92 Å². The van der Waals surface area contributed by atoms with Gasteiger partial charge >= 0.3 is 5.97 Å². The van der Waals surface area contributed by atoms with E-state index in [2.05, 4.69) is 10.9 Å². The van der Waals surface area contributed by atoms with Gasteiger partial charge in [0.2, 0.25) is 5.91 Å². The highest BCUT2D eigenvalue weighted by Crippen LogP contribution is 2.15. The van der Waals surface area contributed by atoms with Gasteiger partial charge in [-0.3, -0.25) is 25.2 Å². The molecule has 0 unspecified atom stereocenters. The van der Waals surface area contributed by atoms with Gasteiger partial charge in [0.25, 0.3) is 5.91 Å². The van der Waals surface area contributed by atoms with Gasteiger partial charge in [0.05, 0.1) is 6.42 Å². The zero-order chi connectivity index (χ0) is 15.0. The zero-order valence-electron chi connectivity index (χ0n) is 11.0. The van der Waals surface area contributed by atoms with Crippen LogP contribution in [0.25, 0.3) is 0 Å². The number of carbonyl (C=O) groups excluding carboxylic acids is 2. The molecule has 0 heterocycles. The van der Waals surface area contributed by atoms with E-state index in [1.165, 1.54) is 0 Å². The predicted molar refractivity (Wildman–Crippen MR) is 69.8 cm³/mol. The molecular weight excluding hydrogens is 264 g/mol. The largest absolute Gasteiger partial charge is 0.483 e. The first-order valence-electron chi connectivity index (χ1n) is 5.97. The lowest BCUT2D eigenvalue weighted by atomic mass is 10.2. The average Bonchev–Trinajstić information content (AvgIpc) is 2.42. The van der Waals surface area contributed by atoms with E-state index in [-0.39, 0.29) is 19.4 Å². The molecule has 0 aromatic heterocycles. The minimum atomic E-state index is -1.07. The second kappa shape index (κ2) is 7.78. The number of benzene rings is 1. The van der Waals surface area contributed by atoms with Crippen molar-refractivity contribution >= 4 is 17.8 Å². The van der Waals surface area contributed by atoms with E-state index in [1.807, 2.05) is 19.1 Å². The molecule has 1 aromatic rings. The van der Waals surface area contributed by atoms with Gasteiger partial charge in [0, 0.05) is 6.42 Å². The Morgan fingerprint density at radius 1 is 1.10 bits per heavy atom. The minimum absolute atomic E-state index is 0.200. The number of carboxylic acids is 1. The van der Waals surface area contributed by atoms with Crippen molar-refractivity contribution in [2.24, 2.45) is 0 Å². The fraction of sp³-hybridized carbons (Fsp3) is 0.308. The summed E-state index contributed by atoms with van der Waals surface area (Å²) >= 11 is 0. The Bertz CT molecular complexity index is 501. The van der Waals surface area contributed by atoms with Gasteiger partial charge in [-0.1, -0.05) is 18.2 Å². The van der Waals surface area contributed by atoms with Gasteiger partial charge in [-0.15, -0.1) is 0 Å².